The predicted molar refractivity (Wildman–Crippen MR) is 259 cm³/mol. The van der Waals surface area contributed by atoms with E-state index in [-0.39, 0.29) is 44.0 Å². The van der Waals surface area contributed by atoms with Gasteiger partial charge in [0.25, 0.3) is 0 Å². The van der Waals surface area contributed by atoms with Crippen LogP contribution in [0.15, 0.2) is 134 Å². The first-order chi connectivity index (χ1) is 31.3. The second-order valence-corrected chi connectivity index (χ2v) is 17.4. The average Bonchev–Trinajstić information content (AvgIpc) is 3.96. The number of H-pyrrole nitrogens is 2. The van der Waals surface area contributed by atoms with Crippen molar-refractivity contribution in [3.63, 3.8) is 0 Å². The van der Waals surface area contributed by atoms with E-state index in [1.54, 1.807) is 54.7 Å². The fraction of sp³-hybridized carbons (Fsp3) is 0.296. The first kappa shape index (κ1) is 49.3. The first-order valence-electron chi connectivity index (χ1n) is 21.9. The number of fused-ring (bicyclic) bond motifs is 2. The van der Waals surface area contributed by atoms with Gasteiger partial charge in [0.1, 0.15) is 11.5 Å². The van der Waals surface area contributed by atoms with Crippen molar-refractivity contribution in [3.8, 4) is 17.4 Å². The van der Waals surface area contributed by atoms with Crippen molar-refractivity contribution in [2.45, 2.75) is 103 Å². The third-order valence-corrected chi connectivity index (χ3v) is 12.3. The molecule has 2 aliphatic carbocycles. The van der Waals surface area contributed by atoms with E-state index in [2.05, 4.69) is 29.9 Å². The summed E-state index contributed by atoms with van der Waals surface area (Å²) < 4.78 is 19.5. The van der Waals surface area contributed by atoms with Gasteiger partial charge in [0.15, 0.2) is 11.6 Å². The molecule has 13 heteroatoms. The molecule has 2 aliphatic rings. The van der Waals surface area contributed by atoms with Crippen LogP contribution < -0.4 is 4.74 Å². The maximum absolute atomic E-state index is 13.4. The summed E-state index contributed by atoms with van der Waals surface area (Å²) in [4.78, 5) is 47.8. The van der Waals surface area contributed by atoms with Crippen LogP contribution in [-0.4, -0.2) is 68.0 Å². The van der Waals surface area contributed by atoms with Crippen LogP contribution in [0.5, 0.6) is 17.4 Å². The Balaban J connectivity index is 0.000000179. The number of carbonyl (C=O) groups is 2. The number of rotatable bonds is 8. The van der Waals surface area contributed by atoms with Gasteiger partial charge < -0.3 is 30.0 Å². The molecule has 0 atom stereocenters. The molecule has 8 aromatic rings. The fourth-order valence-corrected chi connectivity index (χ4v) is 8.40. The standard InChI is InChI=1S/C26H25N3O3.C14H10N2O2.C12H16FNO.2CH4/c1-26(31)14-12-17(13-15-26)20-5-4-16-27-25(20)32-19-10-8-18(9-11-19)23(30)24-28-21-6-2-3-7-22(21)29-24;17-10-7-5-9(6-8-10)13(18)14-15-11-3-1-2-4-12(11)16-14;1-12(15)6-4-9(5-7-12)10-3-2-8-14-11(10)13;;/h2-11,16-17,31H,12-15H2,1H3,(H,28,29);1-8,17H,(H,15,16);2-3,8-9,15H,4-7H2,1H3;2*1H4. The number of ketones is 2. The van der Waals surface area contributed by atoms with E-state index >= 15 is 0 Å². The van der Waals surface area contributed by atoms with Crippen molar-refractivity contribution in [1.29, 1.82) is 0 Å². The number of para-hydroxylation sites is 4. The van der Waals surface area contributed by atoms with Crippen LogP contribution in [0, 0.1) is 5.95 Å². The maximum Gasteiger partial charge on any atom is 0.228 e. The number of nitrogens with zero attached hydrogens (tertiary/aromatic N) is 4. The lowest BCUT2D eigenvalue weighted by Crippen LogP contribution is -2.29. The molecule has 0 spiro atoms. The second kappa shape index (κ2) is 21.5. The number of pyridine rings is 2. The van der Waals surface area contributed by atoms with Crippen molar-refractivity contribution in [2.24, 2.45) is 0 Å². The lowest BCUT2D eigenvalue weighted by molar-refractivity contribution is 0.0164. The van der Waals surface area contributed by atoms with Gasteiger partial charge in [0, 0.05) is 34.6 Å². The molecule has 2 saturated carbocycles. The molecule has 0 aliphatic heterocycles. The Morgan fingerprint density at radius 3 is 1.51 bits per heavy atom. The number of imidazole rings is 2. The second-order valence-electron chi connectivity index (χ2n) is 17.4. The van der Waals surface area contributed by atoms with E-state index in [4.69, 9.17) is 4.74 Å². The van der Waals surface area contributed by atoms with Gasteiger partial charge in [-0.15, -0.1) is 0 Å². The Kier molecular flexibility index (Phi) is 15.8. The molecule has 2 fully saturated rings. The number of phenols is 1. The normalized spacial score (nSPS) is 19.9. The molecule has 4 aromatic heterocycles. The summed E-state index contributed by atoms with van der Waals surface area (Å²) in [6, 6.07) is 35.7. The number of carbonyl (C=O) groups excluding carboxylic acids is 2. The van der Waals surface area contributed by atoms with Crippen molar-refractivity contribution in [3.05, 3.63) is 174 Å². The molecule has 0 amide bonds. The van der Waals surface area contributed by atoms with E-state index < -0.39 is 11.2 Å². The third kappa shape index (κ3) is 12.2. The highest BCUT2D eigenvalue weighted by atomic mass is 19.1. The van der Waals surface area contributed by atoms with Gasteiger partial charge in [-0.3, -0.25) is 9.59 Å². The number of hydrogen-bond donors (Lipinski definition) is 5. The molecule has 0 bridgehead atoms. The van der Waals surface area contributed by atoms with E-state index in [0.29, 0.717) is 45.9 Å². The minimum Gasteiger partial charge on any atom is -0.508 e. The lowest BCUT2D eigenvalue weighted by Gasteiger charge is -2.33. The summed E-state index contributed by atoms with van der Waals surface area (Å²) in [6.07, 6.45) is 9.70. The zero-order chi connectivity index (χ0) is 45.6. The molecule has 12 nitrogen and oxygen atoms in total. The monoisotopic (exact) mass is 906 g/mol. The number of aliphatic hydroxyl groups is 2. The van der Waals surface area contributed by atoms with Crippen LogP contribution in [0.1, 0.15) is 135 Å². The minimum absolute atomic E-state index is 0. The Morgan fingerprint density at radius 2 is 1.03 bits per heavy atom. The third-order valence-electron chi connectivity index (χ3n) is 12.3. The van der Waals surface area contributed by atoms with Crippen molar-refractivity contribution in [2.75, 3.05) is 0 Å². The number of aromatic nitrogens is 6. The van der Waals surface area contributed by atoms with E-state index in [1.807, 2.05) is 74.5 Å². The number of hydrogen-bond acceptors (Lipinski definition) is 10. The van der Waals surface area contributed by atoms with E-state index in [1.165, 1.54) is 18.3 Å². The largest absolute Gasteiger partial charge is 0.508 e. The Hall–Kier alpha value is -7.09. The fourth-order valence-electron chi connectivity index (χ4n) is 8.40. The van der Waals surface area contributed by atoms with Crippen LogP contribution >= 0.6 is 0 Å². The van der Waals surface area contributed by atoms with Crippen LogP contribution in [0.4, 0.5) is 4.39 Å². The highest BCUT2D eigenvalue weighted by Crippen LogP contribution is 2.41. The molecule has 0 unspecified atom stereocenters. The summed E-state index contributed by atoms with van der Waals surface area (Å²) in [5, 5.41) is 29.2. The summed E-state index contributed by atoms with van der Waals surface area (Å²) in [5.74, 6) is 1.78. The zero-order valence-corrected chi connectivity index (χ0v) is 36.2. The molecule has 67 heavy (non-hydrogen) atoms. The predicted octanol–water partition coefficient (Wildman–Crippen LogP) is 11.8. The number of ether oxygens (including phenoxy) is 1. The first-order valence-corrected chi connectivity index (χ1v) is 21.9. The van der Waals surface area contributed by atoms with Crippen LogP contribution in [-0.2, 0) is 0 Å². The molecular formula is C54H59FN6O6. The number of nitrogens with one attached hydrogen (secondary N) is 2. The highest BCUT2D eigenvalue weighted by Gasteiger charge is 2.32. The van der Waals surface area contributed by atoms with Gasteiger partial charge in [-0.2, -0.15) is 4.39 Å². The molecule has 0 saturated heterocycles. The Labute approximate surface area is 390 Å². The molecule has 4 heterocycles. The molecule has 348 valence electrons. The zero-order valence-electron chi connectivity index (χ0n) is 36.2. The van der Waals surface area contributed by atoms with Crippen LogP contribution in [0.25, 0.3) is 22.1 Å². The highest BCUT2D eigenvalue weighted by molar-refractivity contribution is 6.08. The lowest BCUT2D eigenvalue weighted by atomic mass is 9.77. The SMILES string of the molecule is C.C.CC1(O)CCC(c2cccnc2F)CC1.CC1(O)CCC(c2cccnc2Oc2ccc(C(=O)c3nc4ccccc4[nH]3)cc2)CC1.O=C(c1ccc(O)cc1)c1nc2ccccc2[nH]1. The number of aromatic amines is 2. The van der Waals surface area contributed by atoms with Gasteiger partial charge in [0.2, 0.25) is 23.4 Å². The van der Waals surface area contributed by atoms with Gasteiger partial charge in [-0.1, -0.05) is 51.3 Å². The van der Waals surface area contributed by atoms with Crippen molar-refractivity contribution >= 4 is 33.6 Å². The summed E-state index contributed by atoms with van der Waals surface area (Å²) in [5.41, 5.74) is 4.85. The van der Waals surface area contributed by atoms with E-state index in [9.17, 15) is 29.3 Å². The number of phenolic OH excluding ortho intramolecular Hbond substituents is 1. The summed E-state index contributed by atoms with van der Waals surface area (Å²) in [7, 11) is 0. The summed E-state index contributed by atoms with van der Waals surface area (Å²) >= 11 is 0. The van der Waals surface area contributed by atoms with Gasteiger partial charge in [-0.25, -0.2) is 19.9 Å². The van der Waals surface area contributed by atoms with Gasteiger partial charge in [0.05, 0.1) is 33.3 Å². The average molecular weight is 907 g/mol. The smallest absolute Gasteiger partial charge is 0.228 e. The molecule has 10 rings (SSSR count). The Morgan fingerprint density at radius 1 is 0.597 bits per heavy atom. The quantitative estimate of drug-likeness (QED) is 0.0725. The van der Waals surface area contributed by atoms with Gasteiger partial charge >= 0.3 is 0 Å². The summed E-state index contributed by atoms with van der Waals surface area (Å²) in [6.45, 7) is 3.75. The Bertz CT molecular complexity index is 2820. The molecule has 0 radical (unpaired) electrons. The van der Waals surface area contributed by atoms with Crippen molar-refractivity contribution < 1.29 is 34.0 Å². The topological polar surface area (TPSA) is 187 Å². The molecule has 4 aromatic carbocycles. The van der Waals surface area contributed by atoms with Crippen LogP contribution in [0.2, 0.25) is 0 Å². The minimum atomic E-state index is -0.581. The van der Waals surface area contributed by atoms with Crippen LogP contribution in [0.3, 0.4) is 0 Å². The number of benzene rings is 4. The number of halogens is 1. The van der Waals surface area contributed by atoms with E-state index in [0.717, 1.165) is 79.0 Å². The molecule has 5 N–H and O–H groups in total. The molecular weight excluding hydrogens is 848 g/mol. The van der Waals surface area contributed by atoms with Gasteiger partial charge in [-0.05, 0) is 162 Å². The van der Waals surface area contributed by atoms with Crippen molar-refractivity contribution in [1.82, 2.24) is 29.9 Å². The number of aromatic hydroxyl groups is 1. The maximum atomic E-state index is 13.4.